The second-order valence-electron chi connectivity index (χ2n) is 4.97. The van der Waals surface area contributed by atoms with Crippen LogP contribution in [0.2, 0.25) is 0 Å². The highest BCUT2D eigenvalue weighted by atomic mass is 16.1. The molecule has 1 aromatic heterocycles. The van der Waals surface area contributed by atoms with E-state index in [2.05, 4.69) is 15.3 Å². The number of aryl methyl sites for hydroxylation is 1. The first-order chi connectivity index (χ1) is 10.1. The molecule has 0 atom stereocenters. The molecule has 3 rings (SSSR count). The molecule has 2 aromatic carbocycles. The lowest BCUT2D eigenvalue weighted by molar-refractivity contribution is 0.100. The molecule has 0 radical (unpaired) electrons. The molecule has 21 heavy (non-hydrogen) atoms. The highest BCUT2D eigenvalue weighted by Gasteiger charge is 2.02. The third kappa shape index (κ3) is 2.86. The van der Waals surface area contributed by atoms with E-state index in [0.29, 0.717) is 12.1 Å². The van der Waals surface area contributed by atoms with E-state index in [1.54, 1.807) is 12.1 Å². The number of imidazole rings is 1. The zero-order valence-corrected chi connectivity index (χ0v) is 11.7. The number of benzene rings is 2. The largest absolute Gasteiger partial charge is 0.381 e. The number of nitrogens with one attached hydrogen (secondary N) is 2. The molecule has 4 N–H and O–H groups in total. The van der Waals surface area contributed by atoms with Gasteiger partial charge in [-0.2, -0.15) is 0 Å². The molecule has 0 saturated carbocycles. The molecule has 0 bridgehead atoms. The van der Waals surface area contributed by atoms with Crippen LogP contribution in [-0.2, 0) is 6.54 Å². The van der Waals surface area contributed by atoms with Gasteiger partial charge in [0.05, 0.1) is 11.0 Å². The standard InChI is InChI=1S/C16H16N4O/c1-10-19-14-7-6-13(8-15(14)20-10)18-9-11-2-4-12(5-3-11)16(17)21/h2-8,18H,9H2,1H3,(H2,17,21)(H,19,20). The van der Waals surface area contributed by atoms with Crippen LogP contribution in [0.4, 0.5) is 5.69 Å². The van der Waals surface area contributed by atoms with Crippen LogP contribution in [0.15, 0.2) is 42.5 Å². The first-order valence-electron chi connectivity index (χ1n) is 6.71. The van der Waals surface area contributed by atoms with Crippen LogP contribution in [0.25, 0.3) is 11.0 Å². The molecule has 0 saturated heterocycles. The summed E-state index contributed by atoms with van der Waals surface area (Å²) in [5, 5.41) is 3.35. The average molecular weight is 280 g/mol. The van der Waals surface area contributed by atoms with Crippen molar-refractivity contribution in [3.63, 3.8) is 0 Å². The molecule has 5 heteroatoms. The average Bonchev–Trinajstić information content (AvgIpc) is 2.84. The lowest BCUT2D eigenvalue weighted by Gasteiger charge is -2.07. The molecule has 106 valence electrons. The van der Waals surface area contributed by atoms with Crippen molar-refractivity contribution in [3.05, 3.63) is 59.4 Å². The number of amides is 1. The number of carbonyl (C=O) groups is 1. The summed E-state index contributed by atoms with van der Waals surface area (Å²) in [5.41, 5.74) is 9.82. The lowest BCUT2D eigenvalue weighted by Crippen LogP contribution is -2.10. The van der Waals surface area contributed by atoms with Gasteiger partial charge >= 0.3 is 0 Å². The van der Waals surface area contributed by atoms with Gasteiger partial charge in [0.1, 0.15) is 5.82 Å². The van der Waals surface area contributed by atoms with Gasteiger partial charge < -0.3 is 16.0 Å². The van der Waals surface area contributed by atoms with Crippen molar-refractivity contribution in [2.24, 2.45) is 5.73 Å². The molecular weight excluding hydrogens is 264 g/mol. The maximum Gasteiger partial charge on any atom is 0.248 e. The van der Waals surface area contributed by atoms with E-state index >= 15 is 0 Å². The van der Waals surface area contributed by atoms with Crippen LogP contribution >= 0.6 is 0 Å². The SMILES string of the molecule is Cc1nc2ccc(NCc3ccc(C(N)=O)cc3)cc2[nH]1. The topological polar surface area (TPSA) is 83.8 Å². The maximum absolute atomic E-state index is 11.0. The van der Waals surface area contributed by atoms with E-state index in [1.807, 2.05) is 37.3 Å². The summed E-state index contributed by atoms with van der Waals surface area (Å²) >= 11 is 0. The van der Waals surface area contributed by atoms with Crippen molar-refractivity contribution >= 4 is 22.6 Å². The Labute approximate surface area is 122 Å². The molecular formula is C16H16N4O. The molecule has 0 unspecified atom stereocenters. The second kappa shape index (κ2) is 5.28. The summed E-state index contributed by atoms with van der Waals surface area (Å²) in [6.07, 6.45) is 0. The van der Waals surface area contributed by atoms with Crippen molar-refractivity contribution < 1.29 is 4.79 Å². The van der Waals surface area contributed by atoms with Crippen molar-refractivity contribution in [1.29, 1.82) is 0 Å². The van der Waals surface area contributed by atoms with Crippen LogP contribution in [0.5, 0.6) is 0 Å². The molecule has 0 aliphatic rings. The fourth-order valence-corrected chi connectivity index (χ4v) is 2.24. The summed E-state index contributed by atoms with van der Waals surface area (Å²) in [5.74, 6) is 0.499. The molecule has 5 nitrogen and oxygen atoms in total. The molecule has 1 heterocycles. The van der Waals surface area contributed by atoms with Gasteiger partial charge in [0, 0.05) is 17.8 Å². The minimum atomic E-state index is -0.408. The van der Waals surface area contributed by atoms with Crippen LogP contribution < -0.4 is 11.1 Å². The Morgan fingerprint density at radius 3 is 2.71 bits per heavy atom. The quantitative estimate of drug-likeness (QED) is 0.686. The molecule has 0 fully saturated rings. The van der Waals surface area contributed by atoms with E-state index < -0.39 is 5.91 Å². The van der Waals surface area contributed by atoms with Crippen molar-refractivity contribution in [2.45, 2.75) is 13.5 Å². The minimum absolute atomic E-state index is 0.408. The number of nitrogens with two attached hydrogens (primary N) is 1. The number of carbonyl (C=O) groups excluding carboxylic acids is 1. The molecule has 1 amide bonds. The zero-order chi connectivity index (χ0) is 14.8. The van der Waals surface area contributed by atoms with Crippen LogP contribution in [0.3, 0.4) is 0 Å². The number of anilines is 1. The molecule has 0 aliphatic carbocycles. The van der Waals surface area contributed by atoms with E-state index in [1.165, 1.54) is 0 Å². The smallest absolute Gasteiger partial charge is 0.248 e. The van der Waals surface area contributed by atoms with Gasteiger partial charge in [-0.15, -0.1) is 0 Å². The minimum Gasteiger partial charge on any atom is -0.381 e. The van der Waals surface area contributed by atoms with Crippen molar-refractivity contribution in [1.82, 2.24) is 9.97 Å². The van der Waals surface area contributed by atoms with Crippen LogP contribution in [0.1, 0.15) is 21.7 Å². The number of H-pyrrole nitrogens is 1. The van der Waals surface area contributed by atoms with E-state index in [-0.39, 0.29) is 0 Å². The Kier molecular flexibility index (Phi) is 3.31. The van der Waals surface area contributed by atoms with Crippen molar-refractivity contribution in [3.8, 4) is 0 Å². The number of fused-ring (bicyclic) bond motifs is 1. The van der Waals surface area contributed by atoms with Gasteiger partial charge in [-0.1, -0.05) is 12.1 Å². The van der Waals surface area contributed by atoms with Gasteiger partial charge in [-0.25, -0.2) is 4.98 Å². The van der Waals surface area contributed by atoms with Gasteiger partial charge in [-0.05, 0) is 42.8 Å². The monoisotopic (exact) mass is 280 g/mol. The van der Waals surface area contributed by atoms with E-state index in [4.69, 9.17) is 5.73 Å². The summed E-state index contributed by atoms with van der Waals surface area (Å²) in [6.45, 7) is 2.62. The highest BCUT2D eigenvalue weighted by Crippen LogP contribution is 2.17. The van der Waals surface area contributed by atoms with Gasteiger partial charge in [-0.3, -0.25) is 4.79 Å². The Morgan fingerprint density at radius 1 is 1.24 bits per heavy atom. The van der Waals surface area contributed by atoms with Gasteiger partial charge in [0.2, 0.25) is 5.91 Å². The van der Waals surface area contributed by atoms with Gasteiger partial charge in [0.15, 0.2) is 0 Å². The molecule has 3 aromatic rings. The maximum atomic E-state index is 11.0. The number of primary amides is 1. The number of aromatic amines is 1. The number of hydrogen-bond donors (Lipinski definition) is 3. The van der Waals surface area contributed by atoms with Crippen LogP contribution in [-0.4, -0.2) is 15.9 Å². The number of rotatable bonds is 4. The Hall–Kier alpha value is -2.82. The first-order valence-corrected chi connectivity index (χ1v) is 6.71. The fraction of sp³-hybridized carbons (Fsp3) is 0.125. The number of aromatic nitrogens is 2. The number of nitrogens with zero attached hydrogens (tertiary/aromatic N) is 1. The molecule has 0 spiro atoms. The van der Waals surface area contributed by atoms with E-state index in [9.17, 15) is 4.79 Å². The summed E-state index contributed by atoms with van der Waals surface area (Å²) < 4.78 is 0. The molecule has 0 aliphatic heterocycles. The third-order valence-corrected chi connectivity index (χ3v) is 3.34. The predicted molar refractivity (Wildman–Crippen MR) is 83.1 cm³/mol. The zero-order valence-electron chi connectivity index (χ0n) is 11.7. The summed E-state index contributed by atoms with van der Waals surface area (Å²) in [4.78, 5) is 18.6. The number of hydrogen-bond acceptors (Lipinski definition) is 3. The summed E-state index contributed by atoms with van der Waals surface area (Å²) in [7, 11) is 0. The highest BCUT2D eigenvalue weighted by molar-refractivity contribution is 5.92. The van der Waals surface area contributed by atoms with Crippen molar-refractivity contribution in [2.75, 3.05) is 5.32 Å². The Balaban J connectivity index is 1.71. The third-order valence-electron chi connectivity index (χ3n) is 3.34. The Bertz CT molecular complexity index is 790. The Morgan fingerprint density at radius 2 is 2.00 bits per heavy atom. The van der Waals surface area contributed by atoms with Gasteiger partial charge in [0.25, 0.3) is 0 Å². The second-order valence-corrected chi connectivity index (χ2v) is 4.97. The fourth-order valence-electron chi connectivity index (χ4n) is 2.24. The lowest BCUT2D eigenvalue weighted by atomic mass is 10.1. The first kappa shape index (κ1) is 13.2. The summed E-state index contributed by atoms with van der Waals surface area (Å²) in [6, 6.07) is 13.3. The van der Waals surface area contributed by atoms with E-state index in [0.717, 1.165) is 28.1 Å². The van der Waals surface area contributed by atoms with Crippen LogP contribution in [0, 0.1) is 6.92 Å². The predicted octanol–water partition coefficient (Wildman–Crippen LogP) is 2.58. The normalized spacial score (nSPS) is 10.7.